The van der Waals surface area contributed by atoms with Gasteiger partial charge in [0.25, 0.3) is 0 Å². The number of amides is 1. The van der Waals surface area contributed by atoms with Crippen molar-refractivity contribution in [1.82, 2.24) is 10.2 Å². The lowest BCUT2D eigenvalue weighted by molar-refractivity contribution is 0.0509. The number of hydrogen-bond donors (Lipinski definition) is 1. The van der Waals surface area contributed by atoms with Crippen molar-refractivity contribution < 1.29 is 13.9 Å². The average Bonchev–Trinajstić information content (AvgIpc) is 2.50. The highest BCUT2D eigenvalue weighted by Gasteiger charge is 2.22. The molecule has 0 aromatic heterocycles. The summed E-state index contributed by atoms with van der Waals surface area (Å²) in [6.45, 7) is 8.43. The molecular weight excluding hydrogens is 411 g/mol. The molecule has 1 N–H and O–H groups in total. The Labute approximate surface area is 162 Å². The number of halogens is 3. The molecule has 1 aliphatic rings. The summed E-state index contributed by atoms with van der Waals surface area (Å²) in [6.07, 6.45) is 1.55. The monoisotopic (exact) mass is 434 g/mol. The van der Waals surface area contributed by atoms with Crippen LogP contribution in [-0.2, 0) is 11.3 Å². The van der Waals surface area contributed by atoms with E-state index in [1.165, 1.54) is 6.07 Å². The molecule has 1 fully saturated rings. The molecule has 140 valence electrons. The molecule has 0 atom stereocenters. The van der Waals surface area contributed by atoms with Gasteiger partial charge < -0.3 is 10.1 Å². The van der Waals surface area contributed by atoms with Crippen LogP contribution in [0.1, 0.15) is 39.2 Å². The lowest BCUT2D eigenvalue weighted by atomic mass is 9.96. The summed E-state index contributed by atoms with van der Waals surface area (Å²) in [4.78, 5) is 13.9. The Morgan fingerprint density at radius 1 is 1.40 bits per heavy atom. The van der Waals surface area contributed by atoms with Gasteiger partial charge >= 0.3 is 6.09 Å². The molecule has 0 spiro atoms. The largest absolute Gasteiger partial charge is 0.444 e. The van der Waals surface area contributed by atoms with Crippen LogP contribution in [-0.4, -0.2) is 36.2 Å². The second-order valence-electron chi connectivity index (χ2n) is 7.46. The summed E-state index contributed by atoms with van der Waals surface area (Å²) in [5, 5.41) is 3.36. The predicted molar refractivity (Wildman–Crippen MR) is 101 cm³/mol. The van der Waals surface area contributed by atoms with Gasteiger partial charge in [0.1, 0.15) is 11.4 Å². The number of ether oxygens (including phenoxy) is 1. The Balaban J connectivity index is 1.76. The van der Waals surface area contributed by atoms with Gasteiger partial charge in [0.15, 0.2) is 0 Å². The van der Waals surface area contributed by atoms with Gasteiger partial charge in [-0.1, -0.05) is 11.6 Å². The van der Waals surface area contributed by atoms with Gasteiger partial charge in [0.2, 0.25) is 0 Å². The SMILES string of the molecule is CC(C)(C)OC(=O)NCC1CCN(Cc2cc(Cl)c(Br)cc2F)CC1. The van der Waals surface area contributed by atoms with E-state index in [0.717, 1.165) is 25.9 Å². The molecule has 1 heterocycles. The highest BCUT2D eigenvalue weighted by atomic mass is 79.9. The average molecular weight is 436 g/mol. The molecular formula is C18H25BrClFN2O2. The van der Waals surface area contributed by atoms with Crippen molar-refractivity contribution in [3.8, 4) is 0 Å². The van der Waals surface area contributed by atoms with E-state index in [0.29, 0.717) is 34.1 Å². The van der Waals surface area contributed by atoms with Crippen molar-refractivity contribution in [3.05, 3.63) is 33.0 Å². The van der Waals surface area contributed by atoms with E-state index in [9.17, 15) is 9.18 Å². The summed E-state index contributed by atoms with van der Waals surface area (Å²) in [5.74, 6) is 0.173. The van der Waals surface area contributed by atoms with Crippen molar-refractivity contribution in [2.75, 3.05) is 19.6 Å². The fraction of sp³-hybridized carbons (Fsp3) is 0.611. The molecule has 4 nitrogen and oxygen atoms in total. The van der Waals surface area contributed by atoms with E-state index in [4.69, 9.17) is 16.3 Å². The third-order valence-corrected chi connectivity index (χ3v) is 5.32. The van der Waals surface area contributed by atoms with Crippen molar-refractivity contribution in [3.63, 3.8) is 0 Å². The van der Waals surface area contributed by atoms with Crippen LogP contribution in [0.2, 0.25) is 5.02 Å². The van der Waals surface area contributed by atoms with Gasteiger partial charge in [-0.05, 0) is 80.7 Å². The molecule has 0 unspecified atom stereocenters. The first kappa shape index (κ1) is 20.5. The topological polar surface area (TPSA) is 41.6 Å². The van der Waals surface area contributed by atoms with Crippen LogP contribution in [0.4, 0.5) is 9.18 Å². The molecule has 1 aromatic rings. The van der Waals surface area contributed by atoms with E-state index in [-0.39, 0.29) is 11.9 Å². The van der Waals surface area contributed by atoms with Crippen molar-refractivity contribution in [1.29, 1.82) is 0 Å². The Bertz CT molecular complexity index is 614. The fourth-order valence-electron chi connectivity index (χ4n) is 2.82. The molecule has 0 saturated carbocycles. The minimum Gasteiger partial charge on any atom is -0.444 e. The maximum atomic E-state index is 14.0. The summed E-state index contributed by atoms with van der Waals surface area (Å²) >= 11 is 9.29. The van der Waals surface area contributed by atoms with E-state index in [2.05, 4.69) is 26.1 Å². The summed E-state index contributed by atoms with van der Waals surface area (Å²) in [7, 11) is 0. The fourth-order valence-corrected chi connectivity index (χ4v) is 3.32. The maximum Gasteiger partial charge on any atom is 0.407 e. The van der Waals surface area contributed by atoms with Gasteiger partial charge in [-0.25, -0.2) is 9.18 Å². The lowest BCUT2D eigenvalue weighted by Gasteiger charge is -2.32. The van der Waals surface area contributed by atoms with Crippen LogP contribution in [0.5, 0.6) is 0 Å². The van der Waals surface area contributed by atoms with Crippen molar-refractivity contribution in [2.45, 2.75) is 45.8 Å². The Morgan fingerprint density at radius 2 is 2.04 bits per heavy atom. The molecule has 0 aliphatic carbocycles. The number of rotatable bonds is 4. The lowest BCUT2D eigenvalue weighted by Crippen LogP contribution is -2.40. The number of piperidine rings is 1. The zero-order valence-electron chi connectivity index (χ0n) is 14.9. The quantitative estimate of drug-likeness (QED) is 0.678. The number of carbonyl (C=O) groups excluding carboxylic acids is 1. The minimum atomic E-state index is -0.483. The molecule has 0 radical (unpaired) electrons. The number of nitrogens with one attached hydrogen (secondary N) is 1. The number of likely N-dealkylation sites (tertiary alicyclic amines) is 1. The Hall–Kier alpha value is -0.850. The van der Waals surface area contributed by atoms with Crippen LogP contribution in [0, 0.1) is 11.7 Å². The number of nitrogens with zero attached hydrogens (tertiary/aromatic N) is 1. The van der Waals surface area contributed by atoms with Gasteiger partial charge in [-0.3, -0.25) is 4.90 Å². The molecule has 7 heteroatoms. The molecule has 2 rings (SSSR count). The first-order valence-corrected chi connectivity index (χ1v) is 9.64. The van der Waals surface area contributed by atoms with Crippen LogP contribution in [0.25, 0.3) is 0 Å². The molecule has 1 amide bonds. The van der Waals surface area contributed by atoms with Crippen LogP contribution in [0.15, 0.2) is 16.6 Å². The first-order valence-electron chi connectivity index (χ1n) is 8.46. The summed E-state index contributed by atoms with van der Waals surface area (Å²) in [6, 6.07) is 3.09. The molecule has 1 aliphatic heterocycles. The number of benzene rings is 1. The van der Waals surface area contributed by atoms with E-state index < -0.39 is 5.60 Å². The standard InChI is InChI=1S/C18H25BrClFN2O2/c1-18(2,3)25-17(24)22-10-12-4-6-23(7-5-12)11-13-8-15(20)14(19)9-16(13)21/h8-9,12H,4-7,10-11H2,1-3H3,(H,22,24). The van der Waals surface area contributed by atoms with Gasteiger partial charge in [0, 0.05) is 23.1 Å². The van der Waals surface area contributed by atoms with E-state index in [1.54, 1.807) is 6.07 Å². The minimum absolute atomic E-state index is 0.245. The van der Waals surface area contributed by atoms with Gasteiger partial charge in [0.05, 0.1) is 5.02 Å². The smallest absolute Gasteiger partial charge is 0.407 e. The van der Waals surface area contributed by atoms with Crippen LogP contribution in [0.3, 0.4) is 0 Å². The Morgan fingerprint density at radius 3 is 2.64 bits per heavy atom. The third-order valence-electron chi connectivity index (χ3n) is 4.12. The number of carbonyl (C=O) groups is 1. The highest BCUT2D eigenvalue weighted by molar-refractivity contribution is 9.10. The normalized spacial score (nSPS) is 16.7. The summed E-state index contributed by atoms with van der Waals surface area (Å²) in [5.41, 5.74) is 0.127. The van der Waals surface area contributed by atoms with Crippen molar-refractivity contribution >= 4 is 33.6 Å². The van der Waals surface area contributed by atoms with E-state index >= 15 is 0 Å². The van der Waals surface area contributed by atoms with Crippen LogP contribution >= 0.6 is 27.5 Å². The molecule has 1 aromatic carbocycles. The molecule has 25 heavy (non-hydrogen) atoms. The number of alkyl carbamates (subject to hydrolysis) is 1. The zero-order valence-corrected chi connectivity index (χ0v) is 17.2. The molecule has 1 saturated heterocycles. The number of hydrogen-bond acceptors (Lipinski definition) is 3. The van der Waals surface area contributed by atoms with E-state index in [1.807, 2.05) is 20.8 Å². The second kappa shape index (κ2) is 8.69. The summed E-state index contributed by atoms with van der Waals surface area (Å²) < 4.78 is 19.8. The third kappa shape index (κ3) is 6.76. The van der Waals surface area contributed by atoms with Crippen LogP contribution < -0.4 is 5.32 Å². The van der Waals surface area contributed by atoms with Gasteiger partial charge in [-0.2, -0.15) is 0 Å². The molecule has 0 bridgehead atoms. The van der Waals surface area contributed by atoms with Gasteiger partial charge in [-0.15, -0.1) is 0 Å². The zero-order chi connectivity index (χ0) is 18.6. The highest BCUT2D eigenvalue weighted by Crippen LogP contribution is 2.27. The first-order chi connectivity index (χ1) is 11.6. The predicted octanol–water partition coefficient (Wildman–Crippen LogP) is 4.98. The maximum absolute atomic E-state index is 14.0. The second-order valence-corrected chi connectivity index (χ2v) is 8.72. The Kier molecular flexibility index (Phi) is 7.11. The van der Waals surface area contributed by atoms with Crippen molar-refractivity contribution in [2.24, 2.45) is 5.92 Å².